The van der Waals surface area contributed by atoms with Gasteiger partial charge in [-0.05, 0) is 71.3 Å². The van der Waals surface area contributed by atoms with Gasteiger partial charge < -0.3 is 20.7 Å². The fraction of sp³-hybridized carbons (Fsp3) is 0.517. The molecular formula is C29H45N7S. The summed E-state index contributed by atoms with van der Waals surface area (Å²) < 4.78 is 5.31. The maximum Gasteiger partial charge on any atom is 0.154 e. The topological polar surface area (TPSA) is 83.5 Å². The molecule has 1 saturated heterocycles. The number of nitrogens with two attached hydrogens (primary N) is 1. The van der Waals surface area contributed by atoms with E-state index in [4.69, 9.17) is 10.8 Å². The van der Waals surface area contributed by atoms with Crippen molar-refractivity contribution in [1.82, 2.24) is 20.0 Å². The van der Waals surface area contributed by atoms with Gasteiger partial charge in [0.05, 0.1) is 17.4 Å². The minimum Gasteiger partial charge on any atom is -0.363 e. The predicted octanol–water partition coefficient (Wildman–Crippen LogP) is 6.24. The lowest BCUT2D eigenvalue weighted by Crippen LogP contribution is -2.38. The molecule has 0 aliphatic carbocycles. The Morgan fingerprint density at radius 2 is 2.14 bits per heavy atom. The molecule has 1 aliphatic heterocycles. The molecule has 4 N–H and O–H groups in total. The second-order valence-corrected chi connectivity index (χ2v) is 10.7. The summed E-state index contributed by atoms with van der Waals surface area (Å²) in [5, 5.41) is 8.22. The maximum absolute atomic E-state index is 6.41. The minimum atomic E-state index is 0.123. The SMILES string of the molecule is C=Nc1cc(C2CCCCN2C(=C)c2cc(C)ccc2NSC)nn1/C=C(/C)CC(CC)C(N)CNC. The van der Waals surface area contributed by atoms with E-state index in [0.717, 1.165) is 73.7 Å². The Hall–Kier alpha value is -2.55. The minimum absolute atomic E-state index is 0.123. The molecule has 1 aromatic carbocycles. The lowest BCUT2D eigenvalue weighted by molar-refractivity contribution is 0.226. The van der Waals surface area contributed by atoms with E-state index in [-0.39, 0.29) is 12.1 Å². The number of aromatic nitrogens is 2. The van der Waals surface area contributed by atoms with Crippen LogP contribution in [0.2, 0.25) is 0 Å². The van der Waals surface area contributed by atoms with Crippen molar-refractivity contribution in [2.24, 2.45) is 16.6 Å². The molecule has 3 atom stereocenters. The van der Waals surface area contributed by atoms with Crippen LogP contribution < -0.4 is 15.8 Å². The Labute approximate surface area is 227 Å². The van der Waals surface area contributed by atoms with Gasteiger partial charge >= 0.3 is 0 Å². The zero-order valence-electron chi connectivity index (χ0n) is 23.3. The van der Waals surface area contributed by atoms with E-state index in [9.17, 15) is 0 Å². The Morgan fingerprint density at radius 1 is 1.35 bits per heavy atom. The first-order chi connectivity index (χ1) is 17.8. The number of hydrogen-bond acceptors (Lipinski definition) is 7. The van der Waals surface area contributed by atoms with Crippen LogP contribution in [0, 0.1) is 12.8 Å². The molecule has 3 rings (SSSR count). The van der Waals surface area contributed by atoms with E-state index in [1.807, 2.05) is 18.0 Å². The summed E-state index contributed by atoms with van der Waals surface area (Å²) >= 11 is 1.60. The second kappa shape index (κ2) is 13.8. The zero-order valence-corrected chi connectivity index (χ0v) is 24.1. The Kier molecular flexibility index (Phi) is 10.9. The van der Waals surface area contributed by atoms with Crippen molar-refractivity contribution in [3.05, 3.63) is 53.2 Å². The normalized spacial score (nSPS) is 17.9. The van der Waals surface area contributed by atoms with E-state index < -0.39 is 0 Å². The van der Waals surface area contributed by atoms with Crippen LogP contribution in [0.15, 0.2) is 41.4 Å². The average Bonchev–Trinajstić information content (AvgIpc) is 3.30. The van der Waals surface area contributed by atoms with E-state index in [0.29, 0.717) is 5.92 Å². The van der Waals surface area contributed by atoms with Gasteiger partial charge in [-0.2, -0.15) is 5.10 Å². The number of benzene rings is 1. The van der Waals surface area contributed by atoms with Crippen molar-refractivity contribution in [3.8, 4) is 0 Å². The molecule has 7 nitrogen and oxygen atoms in total. The fourth-order valence-corrected chi connectivity index (χ4v) is 5.67. The monoisotopic (exact) mass is 523 g/mol. The molecule has 0 saturated carbocycles. The van der Waals surface area contributed by atoms with Gasteiger partial charge in [0, 0.05) is 48.9 Å². The third-order valence-electron chi connectivity index (χ3n) is 7.28. The number of nitrogens with zero attached hydrogens (tertiary/aromatic N) is 4. The van der Waals surface area contributed by atoms with Gasteiger partial charge in [-0.1, -0.05) is 49.1 Å². The highest BCUT2D eigenvalue weighted by Crippen LogP contribution is 2.39. The lowest BCUT2D eigenvalue weighted by atomic mass is 9.91. The number of hydrogen-bond donors (Lipinski definition) is 3. The van der Waals surface area contributed by atoms with Crippen LogP contribution in [0.4, 0.5) is 11.5 Å². The Bertz CT molecular complexity index is 1090. The second-order valence-electron chi connectivity index (χ2n) is 10.1. The molecule has 202 valence electrons. The van der Waals surface area contributed by atoms with Gasteiger partial charge in [-0.3, -0.25) is 0 Å². The largest absolute Gasteiger partial charge is 0.363 e. The van der Waals surface area contributed by atoms with Crippen LogP contribution >= 0.6 is 11.9 Å². The number of piperidine rings is 1. The third kappa shape index (κ3) is 7.27. The van der Waals surface area contributed by atoms with Gasteiger partial charge in [-0.25, -0.2) is 9.67 Å². The van der Waals surface area contributed by atoms with E-state index in [1.54, 1.807) is 11.9 Å². The van der Waals surface area contributed by atoms with E-state index in [1.165, 1.54) is 11.1 Å². The van der Waals surface area contributed by atoms with Crippen molar-refractivity contribution in [2.75, 3.05) is 31.1 Å². The molecule has 1 aromatic heterocycles. The van der Waals surface area contributed by atoms with Crippen molar-refractivity contribution in [1.29, 1.82) is 0 Å². The molecule has 2 heterocycles. The number of anilines is 1. The van der Waals surface area contributed by atoms with Crippen LogP contribution in [-0.4, -0.2) is 53.8 Å². The summed E-state index contributed by atoms with van der Waals surface area (Å²) in [4.78, 5) is 6.72. The number of likely N-dealkylation sites (N-methyl/N-ethyl adjacent to an activating group) is 1. The summed E-state index contributed by atoms with van der Waals surface area (Å²) in [6.07, 6.45) is 9.43. The summed E-state index contributed by atoms with van der Waals surface area (Å²) in [6, 6.07) is 8.84. The van der Waals surface area contributed by atoms with Gasteiger partial charge in [0.2, 0.25) is 0 Å². The van der Waals surface area contributed by atoms with Crippen LogP contribution in [0.3, 0.4) is 0 Å². The summed E-state index contributed by atoms with van der Waals surface area (Å²) in [7, 11) is 1.95. The molecule has 1 aliphatic rings. The first kappa shape index (κ1) is 29.0. The van der Waals surface area contributed by atoms with Gasteiger partial charge in [-0.15, -0.1) is 0 Å². The Balaban J connectivity index is 1.89. The molecule has 8 heteroatoms. The number of nitrogens with one attached hydrogen (secondary N) is 2. The summed E-state index contributed by atoms with van der Waals surface area (Å²) in [6.45, 7) is 16.6. The first-order valence-corrected chi connectivity index (χ1v) is 14.5. The Morgan fingerprint density at radius 3 is 2.81 bits per heavy atom. The number of likely N-dealkylation sites (tertiary alicyclic amines) is 1. The highest BCUT2D eigenvalue weighted by molar-refractivity contribution is 7.99. The van der Waals surface area contributed by atoms with Gasteiger partial charge in [0.15, 0.2) is 5.82 Å². The lowest BCUT2D eigenvalue weighted by Gasteiger charge is -2.38. The molecule has 37 heavy (non-hydrogen) atoms. The average molecular weight is 524 g/mol. The summed E-state index contributed by atoms with van der Waals surface area (Å²) in [5.74, 6) is 1.17. The van der Waals surface area contributed by atoms with Crippen LogP contribution in [0.5, 0.6) is 0 Å². The molecule has 0 bridgehead atoms. The van der Waals surface area contributed by atoms with E-state index in [2.05, 4.69) is 84.5 Å². The molecule has 2 aromatic rings. The van der Waals surface area contributed by atoms with Gasteiger partial charge in [0.25, 0.3) is 0 Å². The highest BCUT2D eigenvalue weighted by atomic mass is 32.2. The third-order valence-corrected chi connectivity index (χ3v) is 7.71. The molecule has 0 amide bonds. The van der Waals surface area contributed by atoms with Crippen LogP contribution in [0.1, 0.15) is 68.8 Å². The van der Waals surface area contributed by atoms with Gasteiger partial charge in [0.1, 0.15) is 0 Å². The highest BCUT2D eigenvalue weighted by Gasteiger charge is 2.29. The molecule has 0 radical (unpaired) electrons. The molecule has 1 fully saturated rings. The summed E-state index contributed by atoms with van der Waals surface area (Å²) in [5.41, 5.74) is 13.1. The van der Waals surface area contributed by atoms with Crippen LogP contribution in [0.25, 0.3) is 11.9 Å². The molecule has 0 spiro atoms. The van der Waals surface area contributed by atoms with Crippen molar-refractivity contribution < 1.29 is 0 Å². The fourth-order valence-electron chi connectivity index (χ4n) is 5.27. The standard InChI is InChI=1S/C29H45N7S/c1-8-23(25(30)18-31-5)15-21(3)19-36-29(32-6)17-27(33-36)28-11-9-10-14-35(28)22(4)24-16-20(2)12-13-26(24)34-37-7/h12-13,16-17,19,23,25,28,31,34H,4,6,8-11,14-15,18,30H2,1-3,5,7H3/b21-19-. The first-order valence-electron chi connectivity index (χ1n) is 13.3. The van der Waals surface area contributed by atoms with Crippen molar-refractivity contribution in [2.45, 2.75) is 65.0 Å². The number of allylic oxidation sites excluding steroid dienone is 1. The smallest absolute Gasteiger partial charge is 0.154 e. The van der Waals surface area contributed by atoms with E-state index >= 15 is 0 Å². The zero-order chi connectivity index (χ0) is 26.9. The van der Waals surface area contributed by atoms with Crippen molar-refractivity contribution in [3.63, 3.8) is 0 Å². The quantitative estimate of drug-likeness (QED) is 0.213. The predicted molar refractivity (Wildman–Crippen MR) is 162 cm³/mol. The number of aryl methyl sites for hydroxylation is 1. The number of rotatable bonds is 13. The van der Waals surface area contributed by atoms with Crippen LogP contribution in [-0.2, 0) is 0 Å². The molecular weight excluding hydrogens is 478 g/mol. The molecule has 3 unspecified atom stereocenters. The maximum atomic E-state index is 6.41. The van der Waals surface area contributed by atoms with Crippen molar-refractivity contribution >= 4 is 42.1 Å². The number of aliphatic imine (C=N–C) groups is 1.